The molecule has 36 heavy (non-hydrogen) atoms. The van der Waals surface area contributed by atoms with Gasteiger partial charge in [-0.25, -0.2) is 0 Å². The number of nitrogens with zero attached hydrogens (tertiary/aromatic N) is 3. The van der Waals surface area contributed by atoms with Crippen molar-refractivity contribution in [1.29, 1.82) is 0 Å². The summed E-state index contributed by atoms with van der Waals surface area (Å²) in [5.41, 5.74) is 5.26. The van der Waals surface area contributed by atoms with Gasteiger partial charge in [0.1, 0.15) is 0 Å². The topological polar surface area (TPSA) is 60.5 Å². The average Bonchev–Trinajstić information content (AvgIpc) is 3.40. The molecule has 0 spiro atoms. The minimum absolute atomic E-state index is 0.122. The summed E-state index contributed by atoms with van der Waals surface area (Å²) in [6.45, 7) is 4.99. The lowest BCUT2D eigenvalue weighted by molar-refractivity contribution is -0.124. The van der Waals surface area contributed by atoms with Crippen LogP contribution >= 0.6 is 0 Å². The molecule has 2 N–H and O–H groups in total. The van der Waals surface area contributed by atoms with Gasteiger partial charge in [0, 0.05) is 37.1 Å². The summed E-state index contributed by atoms with van der Waals surface area (Å²) in [6.07, 6.45) is 15.1. The van der Waals surface area contributed by atoms with Crippen LogP contribution in [0.4, 0.5) is 11.4 Å². The van der Waals surface area contributed by atoms with E-state index in [-0.39, 0.29) is 18.0 Å². The predicted molar refractivity (Wildman–Crippen MR) is 147 cm³/mol. The maximum atomic E-state index is 12.9. The van der Waals surface area contributed by atoms with Gasteiger partial charge in [-0.15, -0.1) is 0 Å². The van der Waals surface area contributed by atoms with Crippen molar-refractivity contribution < 1.29 is 4.79 Å². The van der Waals surface area contributed by atoms with E-state index in [1.54, 1.807) is 0 Å². The highest BCUT2D eigenvalue weighted by atomic mass is 16.2. The van der Waals surface area contributed by atoms with Crippen LogP contribution in [0.25, 0.3) is 0 Å². The SMILES string of the molecule is CNC(C)C(=O)N[C@H](CN1CCCC1c1cncc(N2CCCc3ccccc32)c1)C1CCCCC1. The molecule has 5 rings (SSSR count). The van der Waals surface area contributed by atoms with E-state index in [0.717, 1.165) is 32.5 Å². The number of hydrogen-bond donors (Lipinski definition) is 2. The fraction of sp³-hybridized carbons (Fsp3) is 0.600. The van der Waals surface area contributed by atoms with E-state index in [1.807, 2.05) is 20.2 Å². The number of aromatic nitrogens is 1. The Balaban J connectivity index is 1.34. The van der Waals surface area contributed by atoms with E-state index < -0.39 is 0 Å². The van der Waals surface area contributed by atoms with Crippen LogP contribution in [0.2, 0.25) is 0 Å². The smallest absolute Gasteiger partial charge is 0.237 e. The molecule has 1 saturated carbocycles. The minimum Gasteiger partial charge on any atom is -0.350 e. The lowest BCUT2D eigenvalue weighted by Crippen LogP contribution is -2.52. The summed E-state index contributed by atoms with van der Waals surface area (Å²) in [7, 11) is 1.86. The highest BCUT2D eigenvalue weighted by molar-refractivity contribution is 5.81. The Labute approximate surface area is 216 Å². The highest BCUT2D eigenvalue weighted by Gasteiger charge is 2.33. The van der Waals surface area contributed by atoms with Gasteiger partial charge in [-0.05, 0) is 88.2 Å². The first-order valence-corrected chi connectivity index (χ1v) is 14.2. The molecule has 6 heteroatoms. The Bertz CT molecular complexity index is 1020. The highest BCUT2D eigenvalue weighted by Crippen LogP contribution is 2.38. The van der Waals surface area contributed by atoms with E-state index in [4.69, 9.17) is 4.98 Å². The number of carbonyl (C=O) groups excluding carboxylic acids is 1. The molecule has 0 bridgehead atoms. The molecule has 3 heterocycles. The fourth-order valence-electron chi connectivity index (χ4n) is 6.54. The van der Waals surface area contributed by atoms with Crippen molar-refractivity contribution >= 4 is 17.3 Å². The van der Waals surface area contributed by atoms with Crippen molar-refractivity contribution in [1.82, 2.24) is 20.5 Å². The van der Waals surface area contributed by atoms with Crippen LogP contribution in [0, 0.1) is 5.92 Å². The number of aryl methyl sites for hydroxylation is 1. The average molecular weight is 490 g/mol. The van der Waals surface area contributed by atoms with Crippen molar-refractivity contribution in [3.8, 4) is 0 Å². The molecular weight excluding hydrogens is 446 g/mol. The quantitative estimate of drug-likeness (QED) is 0.548. The summed E-state index contributed by atoms with van der Waals surface area (Å²) >= 11 is 0. The minimum atomic E-state index is -0.168. The summed E-state index contributed by atoms with van der Waals surface area (Å²) in [5, 5.41) is 6.55. The number of amides is 1. The van der Waals surface area contributed by atoms with Crippen LogP contribution in [0.3, 0.4) is 0 Å². The van der Waals surface area contributed by atoms with Crippen LogP contribution < -0.4 is 15.5 Å². The van der Waals surface area contributed by atoms with E-state index in [1.165, 1.54) is 67.4 Å². The normalized spacial score (nSPS) is 22.7. The zero-order chi connectivity index (χ0) is 24.9. The van der Waals surface area contributed by atoms with Crippen LogP contribution in [0.15, 0.2) is 42.7 Å². The van der Waals surface area contributed by atoms with E-state index in [2.05, 4.69) is 57.0 Å². The van der Waals surface area contributed by atoms with E-state index in [9.17, 15) is 4.79 Å². The zero-order valence-corrected chi connectivity index (χ0v) is 22.1. The molecule has 1 aromatic carbocycles. The molecule has 1 saturated heterocycles. The molecule has 3 atom stereocenters. The number of carbonyl (C=O) groups is 1. The van der Waals surface area contributed by atoms with Gasteiger partial charge in [0.05, 0.1) is 17.9 Å². The molecule has 2 aromatic rings. The number of fused-ring (bicyclic) bond motifs is 1. The number of nitrogens with one attached hydrogen (secondary N) is 2. The second-order valence-electron chi connectivity index (χ2n) is 11.0. The molecule has 1 aliphatic carbocycles. The van der Waals surface area contributed by atoms with Crippen LogP contribution in [-0.2, 0) is 11.2 Å². The van der Waals surface area contributed by atoms with Gasteiger partial charge in [0.2, 0.25) is 5.91 Å². The Kier molecular flexibility index (Phi) is 8.22. The molecule has 2 unspecified atom stereocenters. The third kappa shape index (κ3) is 5.60. The van der Waals surface area contributed by atoms with Crippen LogP contribution in [0.5, 0.6) is 0 Å². The second-order valence-corrected chi connectivity index (χ2v) is 11.0. The number of para-hydroxylation sites is 1. The van der Waals surface area contributed by atoms with Gasteiger partial charge in [-0.1, -0.05) is 37.5 Å². The molecule has 6 nitrogen and oxygen atoms in total. The summed E-state index contributed by atoms with van der Waals surface area (Å²) in [6, 6.07) is 11.6. The van der Waals surface area contributed by atoms with Gasteiger partial charge in [-0.2, -0.15) is 0 Å². The molecule has 3 aliphatic rings. The van der Waals surface area contributed by atoms with Gasteiger partial charge in [0.25, 0.3) is 0 Å². The molecule has 1 aromatic heterocycles. The number of pyridine rings is 1. The number of likely N-dealkylation sites (N-methyl/N-ethyl adjacent to an activating group) is 1. The van der Waals surface area contributed by atoms with Crippen LogP contribution in [-0.4, -0.2) is 54.6 Å². The largest absolute Gasteiger partial charge is 0.350 e. The van der Waals surface area contributed by atoms with E-state index >= 15 is 0 Å². The van der Waals surface area contributed by atoms with Crippen LogP contribution in [0.1, 0.15) is 75.5 Å². The first-order chi connectivity index (χ1) is 17.6. The van der Waals surface area contributed by atoms with Crippen molar-refractivity contribution in [2.24, 2.45) is 5.92 Å². The molecule has 2 fully saturated rings. The maximum Gasteiger partial charge on any atom is 0.237 e. The van der Waals surface area contributed by atoms with Crippen molar-refractivity contribution in [3.05, 3.63) is 53.9 Å². The Morgan fingerprint density at radius 3 is 2.72 bits per heavy atom. The number of likely N-dealkylation sites (tertiary alicyclic amines) is 1. The zero-order valence-electron chi connectivity index (χ0n) is 22.1. The lowest BCUT2D eigenvalue weighted by atomic mass is 9.83. The molecule has 2 aliphatic heterocycles. The number of benzene rings is 1. The number of anilines is 2. The summed E-state index contributed by atoms with van der Waals surface area (Å²) in [5.74, 6) is 0.693. The summed E-state index contributed by atoms with van der Waals surface area (Å²) in [4.78, 5) is 22.6. The van der Waals surface area contributed by atoms with Gasteiger partial charge >= 0.3 is 0 Å². The van der Waals surface area contributed by atoms with Crippen molar-refractivity contribution in [2.75, 3.05) is 31.6 Å². The second kappa shape index (κ2) is 11.7. The standard InChI is InChI=1S/C30H43N5O/c1-22(31-2)30(36)33-27(23-10-4-3-5-11-23)21-34-16-9-15-28(34)25-18-26(20-32-19-25)35-17-8-13-24-12-6-7-14-29(24)35/h6-7,12,14,18-20,22-23,27-28,31H,3-5,8-11,13,15-17,21H2,1-2H3,(H,33,36)/t22?,27-,28?/m1/s1. The third-order valence-electron chi connectivity index (χ3n) is 8.72. The van der Waals surface area contributed by atoms with Crippen molar-refractivity contribution in [2.45, 2.75) is 82.8 Å². The number of rotatable bonds is 8. The monoisotopic (exact) mass is 489 g/mol. The van der Waals surface area contributed by atoms with Crippen molar-refractivity contribution in [3.63, 3.8) is 0 Å². The Morgan fingerprint density at radius 1 is 1.06 bits per heavy atom. The summed E-state index contributed by atoms with van der Waals surface area (Å²) < 4.78 is 0. The molecule has 0 radical (unpaired) electrons. The molecular formula is C30H43N5O. The first kappa shape index (κ1) is 25.2. The van der Waals surface area contributed by atoms with Gasteiger partial charge in [-0.3, -0.25) is 14.7 Å². The predicted octanol–water partition coefficient (Wildman–Crippen LogP) is 4.98. The fourth-order valence-corrected chi connectivity index (χ4v) is 6.54. The van der Waals surface area contributed by atoms with Gasteiger partial charge < -0.3 is 15.5 Å². The van der Waals surface area contributed by atoms with Gasteiger partial charge in [0.15, 0.2) is 0 Å². The third-order valence-corrected chi connectivity index (χ3v) is 8.72. The lowest BCUT2D eigenvalue weighted by Gasteiger charge is -2.36. The number of hydrogen-bond acceptors (Lipinski definition) is 5. The van der Waals surface area contributed by atoms with E-state index in [0.29, 0.717) is 12.0 Å². The first-order valence-electron chi connectivity index (χ1n) is 14.2. The maximum absolute atomic E-state index is 12.9. The Morgan fingerprint density at radius 2 is 1.89 bits per heavy atom. The molecule has 1 amide bonds. The Hall–Kier alpha value is -2.44. The molecule has 194 valence electrons.